The van der Waals surface area contributed by atoms with Gasteiger partial charge in [-0.1, -0.05) is 83.5 Å². The third-order valence-electron chi connectivity index (χ3n) is 5.37. The van der Waals surface area contributed by atoms with Gasteiger partial charge in [-0.2, -0.15) is 5.26 Å². The number of aliphatic hydroxyl groups excluding tert-OH is 1. The van der Waals surface area contributed by atoms with Gasteiger partial charge in [0, 0.05) is 13.0 Å². The zero-order valence-electron chi connectivity index (χ0n) is 19.6. The number of nitriles is 1. The molecule has 2 aromatic carbocycles. The molecule has 1 saturated heterocycles. The summed E-state index contributed by atoms with van der Waals surface area (Å²) in [5.41, 5.74) is 4.79. The first kappa shape index (κ1) is 25.9. The van der Waals surface area contributed by atoms with Crippen LogP contribution in [0.3, 0.4) is 0 Å². The summed E-state index contributed by atoms with van der Waals surface area (Å²) >= 11 is 0. The minimum atomic E-state index is 0.0750. The molecular weight excluding hydrogens is 368 g/mol. The van der Waals surface area contributed by atoms with Crippen molar-refractivity contribution in [3.05, 3.63) is 59.7 Å². The highest BCUT2D eigenvalue weighted by Gasteiger charge is 2.29. The Balaban J connectivity index is 0.000000826. The van der Waals surface area contributed by atoms with E-state index in [-0.39, 0.29) is 12.0 Å². The van der Waals surface area contributed by atoms with E-state index in [0.717, 1.165) is 43.6 Å². The van der Waals surface area contributed by atoms with E-state index in [1.807, 2.05) is 32.0 Å². The first-order valence-electron chi connectivity index (χ1n) is 11.4. The Bertz CT molecular complexity index is 753. The number of nitrogens with zero attached hydrogens (tertiary/aromatic N) is 2. The molecule has 1 N–H and O–H groups in total. The maximum atomic E-state index is 9.28. The number of aliphatic hydroxyl groups is 1. The van der Waals surface area contributed by atoms with Crippen molar-refractivity contribution in [2.24, 2.45) is 5.41 Å². The molecule has 0 aliphatic carbocycles. The number of likely N-dealkylation sites (tertiary alicyclic amines) is 1. The van der Waals surface area contributed by atoms with Crippen LogP contribution < -0.4 is 0 Å². The number of benzene rings is 2. The first-order chi connectivity index (χ1) is 14.5. The first-order valence-corrected chi connectivity index (χ1v) is 11.4. The molecule has 3 heteroatoms. The third kappa shape index (κ3) is 8.30. The van der Waals surface area contributed by atoms with Crippen LogP contribution in [0.1, 0.15) is 71.4 Å². The highest BCUT2D eigenvalue weighted by atomic mass is 16.3. The number of rotatable bonds is 5. The lowest BCUT2D eigenvalue weighted by atomic mass is 9.78. The van der Waals surface area contributed by atoms with E-state index in [4.69, 9.17) is 5.26 Å². The molecule has 3 nitrogen and oxygen atoms in total. The molecule has 0 aromatic heterocycles. The molecule has 1 fully saturated rings. The van der Waals surface area contributed by atoms with Crippen molar-refractivity contribution in [2.75, 3.05) is 13.1 Å². The Hall–Kier alpha value is -2.15. The van der Waals surface area contributed by atoms with E-state index >= 15 is 0 Å². The van der Waals surface area contributed by atoms with Gasteiger partial charge in [-0.15, -0.1) is 0 Å². The van der Waals surface area contributed by atoms with Crippen molar-refractivity contribution in [1.29, 1.82) is 5.26 Å². The summed E-state index contributed by atoms with van der Waals surface area (Å²) in [5.74, 6) is 0. The second-order valence-electron chi connectivity index (χ2n) is 8.18. The molecule has 0 saturated carbocycles. The van der Waals surface area contributed by atoms with Gasteiger partial charge in [0.15, 0.2) is 0 Å². The smallest absolute Gasteiger partial charge is 0.0682 e. The molecule has 2 aromatic rings. The average molecular weight is 409 g/mol. The molecular formula is C27H40N2O. The van der Waals surface area contributed by atoms with Gasteiger partial charge in [0.1, 0.15) is 0 Å². The molecule has 164 valence electrons. The highest BCUT2D eigenvalue weighted by molar-refractivity contribution is 5.64. The number of hydrogen-bond donors (Lipinski definition) is 1. The second kappa shape index (κ2) is 14.0. The van der Waals surface area contributed by atoms with Crippen molar-refractivity contribution in [2.45, 2.75) is 73.5 Å². The molecule has 3 rings (SSSR count). The van der Waals surface area contributed by atoms with Crippen LogP contribution in [0.25, 0.3) is 11.1 Å². The van der Waals surface area contributed by atoms with E-state index in [9.17, 15) is 5.11 Å². The maximum absolute atomic E-state index is 9.28. The summed E-state index contributed by atoms with van der Waals surface area (Å²) in [6, 6.07) is 19.1. The van der Waals surface area contributed by atoms with Gasteiger partial charge >= 0.3 is 0 Å². The van der Waals surface area contributed by atoms with E-state index in [2.05, 4.69) is 62.1 Å². The average Bonchev–Trinajstić information content (AvgIpc) is 2.78. The highest BCUT2D eigenvalue weighted by Crippen LogP contribution is 2.34. The second-order valence-corrected chi connectivity index (χ2v) is 8.18. The van der Waals surface area contributed by atoms with Gasteiger partial charge in [0.25, 0.3) is 0 Å². The maximum Gasteiger partial charge on any atom is 0.0682 e. The monoisotopic (exact) mass is 408 g/mol. The van der Waals surface area contributed by atoms with Crippen LogP contribution >= 0.6 is 0 Å². The molecule has 0 spiro atoms. The summed E-state index contributed by atoms with van der Waals surface area (Å²) in [6.07, 6.45) is 4.13. The topological polar surface area (TPSA) is 47.3 Å². The van der Waals surface area contributed by atoms with E-state index in [0.29, 0.717) is 6.42 Å². The lowest BCUT2D eigenvalue weighted by molar-refractivity contribution is 0.116. The Labute approximate surface area is 184 Å². The number of piperidine rings is 1. The molecule has 1 aliphatic heterocycles. The van der Waals surface area contributed by atoms with Gasteiger partial charge in [0.05, 0.1) is 12.7 Å². The summed E-state index contributed by atoms with van der Waals surface area (Å²) in [5, 5.41) is 18.2. The van der Waals surface area contributed by atoms with Crippen molar-refractivity contribution in [3.8, 4) is 17.2 Å². The lowest BCUT2D eigenvalue weighted by Gasteiger charge is -2.38. The van der Waals surface area contributed by atoms with Crippen molar-refractivity contribution in [3.63, 3.8) is 0 Å². The van der Waals surface area contributed by atoms with Crippen LogP contribution in [0.15, 0.2) is 48.5 Å². The van der Waals surface area contributed by atoms with Crippen LogP contribution in [-0.2, 0) is 13.2 Å². The Morgan fingerprint density at radius 3 is 2.10 bits per heavy atom. The minimum absolute atomic E-state index is 0.0750. The molecule has 0 unspecified atom stereocenters. The molecule has 30 heavy (non-hydrogen) atoms. The predicted octanol–water partition coefficient (Wildman–Crippen LogP) is 6.80. The SMILES string of the molecule is CC.CC1(CC#N)CCN(Cc2ccc(-c3cccc(CO)c3)cc2)CC1.CCC. The van der Waals surface area contributed by atoms with E-state index < -0.39 is 0 Å². The van der Waals surface area contributed by atoms with Crippen LogP contribution in [0.4, 0.5) is 0 Å². The Morgan fingerprint density at radius 2 is 1.57 bits per heavy atom. The van der Waals surface area contributed by atoms with Crippen LogP contribution in [0.5, 0.6) is 0 Å². The fraction of sp³-hybridized carbons (Fsp3) is 0.519. The predicted molar refractivity (Wildman–Crippen MR) is 128 cm³/mol. The van der Waals surface area contributed by atoms with Gasteiger partial charge in [-0.25, -0.2) is 0 Å². The lowest BCUT2D eigenvalue weighted by Crippen LogP contribution is -2.38. The van der Waals surface area contributed by atoms with Gasteiger partial charge in [-0.3, -0.25) is 4.90 Å². The summed E-state index contributed by atoms with van der Waals surface area (Å²) < 4.78 is 0. The van der Waals surface area contributed by atoms with Crippen LogP contribution in [0, 0.1) is 16.7 Å². The largest absolute Gasteiger partial charge is 0.392 e. The molecule has 0 bridgehead atoms. The quantitative estimate of drug-likeness (QED) is 0.591. The van der Waals surface area contributed by atoms with Crippen LogP contribution in [-0.4, -0.2) is 23.1 Å². The Morgan fingerprint density at radius 1 is 0.967 bits per heavy atom. The standard InChI is InChI=1S/C22H26N2O.C3H8.C2H6/c1-22(9-12-23)10-13-24(14-11-22)16-18-5-7-20(8-6-18)21-4-2-3-19(15-21)17-25;1-3-2;1-2/h2-8,15,25H,9-11,13-14,16-17H2,1H3;3H2,1-2H3;1-2H3. The fourth-order valence-corrected chi connectivity index (χ4v) is 3.53. The van der Waals surface area contributed by atoms with Gasteiger partial charge in [0.2, 0.25) is 0 Å². The van der Waals surface area contributed by atoms with E-state index in [1.54, 1.807) is 0 Å². The van der Waals surface area contributed by atoms with Crippen molar-refractivity contribution < 1.29 is 5.11 Å². The minimum Gasteiger partial charge on any atom is -0.392 e. The normalized spacial score (nSPS) is 15.1. The fourth-order valence-electron chi connectivity index (χ4n) is 3.53. The zero-order valence-corrected chi connectivity index (χ0v) is 19.6. The van der Waals surface area contributed by atoms with Gasteiger partial charge in [-0.05, 0) is 59.7 Å². The van der Waals surface area contributed by atoms with Gasteiger partial charge < -0.3 is 5.11 Å². The summed E-state index contributed by atoms with van der Waals surface area (Å²) in [7, 11) is 0. The van der Waals surface area contributed by atoms with Crippen molar-refractivity contribution >= 4 is 0 Å². The third-order valence-corrected chi connectivity index (χ3v) is 5.37. The van der Waals surface area contributed by atoms with E-state index in [1.165, 1.54) is 17.5 Å². The molecule has 0 amide bonds. The Kier molecular flexibility index (Phi) is 12.0. The summed E-state index contributed by atoms with van der Waals surface area (Å²) in [6.45, 7) is 13.7. The zero-order chi connectivity index (χ0) is 22.4. The van der Waals surface area contributed by atoms with Crippen LogP contribution in [0.2, 0.25) is 0 Å². The summed E-state index contributed by atoms with van der Waals surface area (Å²) in [4.78, 5) is 2.49. The molecule has 1 heterocycles. The van der Waals surface area contributed by atoms with Crippen molar-refractivity contribution in [1.82, 2.24) is 4.90 Å². The molecule has 0 radical (unpaired) electrons. The molecule has 1 aliphatic rings. The number of hydrogen-bond acceptors (Lipinski definition) is 3. The molecule has 0 atom stereocenters.